The largest absolute Gasteiger partial charge is 0.399 e. The quantitative estimate of drug-likeness (QED) is 0.611. The van der Waals surface area contributed by atoms with E-state index >= 15 is 0 Å². The van der Waals surface area contributed by atoms with E-state index in [1.54, 1.807) is 17.8 Å². The first-order valence-electron chi connectivity index (χ1n) is 4.85. The van der Waals surface area contributed by atoms with Gasteiger partial charge in [-0.25, -0.2) is 0 Å². The molecule has 1 rings (SSSR count). The summed E-state index contributed by atoms with van der Waals surface area (Å²) in [7, 11) is 0. The SMILES string of the molecule is C=C/C=C(\C=C)Sc1ccc(C(=C)N)cc1. The van der Waals surface area contributed by atoms with Crippen LogP contribution in [0.15, 0.2) is 72.0 Å². The normalized spacial score (nSPS) is 10.9. The van der Waals surface area contributed by atoms with E-state index in [2.05, 4.69) is 19.7 Å². The van der Waals surface area contributed by atoms with Crippen molar-refractivity contribution < 1.29 is 0 Å². The first-order chi connectivity index (χ1) is 7.67. The van der Waals surface area contributed by atoms with Gasteiger partial charge in [-0.2, -0.15) is 0 Å². The fraction of sp³-hybridized carbons (Fsp3) is 0. The van der Waals surface area contributed by atoms with Crippen molar-refractivity contribution in [3.05, 3.63) is 72.7 Å². The molecule has 0 unspecified atom stereocenters. The maximum Gasteiger partial charge on any atom is 0.0314 e. The fourth-order valence-corrected chi connectivity index (χ4v) is 1.92. The third-order valence-electron chi connectivity index (χ3n) is 1.94. The van der Waals surface area contributed by atoms with Gasteiger partial charge in [-0.1, -0.05) is 55.8 Å². The van der Waals surface area contributed by atoms with Crippen molar-refractivity contribution in [1.29, 1.82) is 0 Å². The summed E-state index contributed by atoms with van der Waals surface area (Å²) in [6.07, 6.45) is 5.48. The average Bonchev–Trinajstić information content (AvgIpc) is 2.29. The van der Waals surface area contributed by atoms with Gasteiger partial charge < -0.3 is 5.73 Å². The molecule has 0 aliphatic heterocycles. The van der Waals surface area contributed by atoms with Crippen LogP contribution in [0.5, 0.6) is 0 Å². The summed E-state index contributed by atoms with van der Waals surface area (Å²) in [5.41, 5.74) is 7.14. The maximum absolute atomic E-state index is 5.60. The molecule has 0 heterocycles. The van der Waals surface area contributed by atoms with Crippen molar-refractivity contribution in [2.45, 2.75) is 4.90 Å². The van der Waals surface area contributed by atoms with Crippen LogP contribution in [0.3, 0.4) is 0 Å². The Morgan fingerprint density at radius 2 is 1.81 bits per heavy atom. The lowest BCUT2D eigenvalue weighted by Gasteiger charge is -2.03. The smallest absolute Gasteiger partial charge is 0.0314 e. The second-order valence-corrected chi connectivity index (χ2v) is 4.31. The standard InChI is InChI=1S/C14H15NS/c1-4-6-13(5-2)16-14-9-7-12(8-10-14)11(3)15/h4-10H,1-3,15H2/b13-6+. The van der Waals surface area contributed by atoms with E-state index in [1.807, 2.05) is 36.4 Å². The number of hydrogen-bond donors (Lipinski definition) is 1. The Hall–Kier alpha value is -1.67. The summed E-state index contributed by atoms with van der Waals surface area (Å²) in [5.74, 6) is 0. The molecule has 82 valence electrons. The van der Waals surface area contributed by atoms with Crippen LogP contribution in [0.2, 0.25) is 0 Å². The number of allylic oxidation sites excluding steroid dienone is 3. The Balaban J connectivity index is 2.82. The molecule has 0 aliphatic carbocycles. The lowest BCUT2D eigenvalue weighted by molar-refractivity contribution is 1.42. The van der Waals surface area contributed by atoms with E-state index < -0.39 is 0 Å². The molecule has 1 nitrogen and oxygen atoms in total. The molecule has 0 aromatic heterocycles. The van der Waals surface area contributed by atoms with Crippen LogP contribution in [0.25, 0.3) is 5.70 Å². The third-order valence-corrected chi connectivity index (χ3v) is 2.99. The Kier molecular flexibility index (Phi) is 4.67. The summed E-state index contributed by atoms with van der Waals surface area (Å²) in [5, 5.41) is 0. The van der Waals surface area contributed by atoms with E-state index in [-0.39, 0.29) is 0 Å². The van der Waals surface area contributed by atoms with Gasteiger partial charge in [0.2, 0.25) is 0 Å². The third kappa shape index (κ3) is 3.48. The minimum absolute atomic E-state index is 0.585. The summed E-state index contributed by atoms with van der Waals surface area (Å²) >= 11 is 1.64. The second-order valence-electron chi connectivity index (χ2n) is 3.16. The minimum Gasteiger partial charge on any atom is -0.399 e. The molecule has 0 spiro atoms. The summed E-state index contributed by atoms with van der Waals surface area (Å²) in [6, 6.07) is 7.94. The monoisotopic (exact) mass is 229 g/mol. The van der Waals surface area contributed by atoms with Gasteiger partial charge in [0.25, 0.3) is 0 Å². The summed E-state index contributed by atoms with van der Waals surface area (Å²) in [4.78, 5) is 2.20. The molecule has 0 bridgehead atoms. The highest BCUT2D eigenvalue weighted by molar-refractivity contribution is 8.03. The average molecular weight is 229 g/mol. The second kappa shape index (κ2) is 6.03. The molecule has 0 radical (unpaired) electrons. The Morgan fingerprint density at radius 3 is 2.25 bits per heavy atom. The molecule has 2 N–H and O–H groups in total. The van der Waals surface area contributed by atoms with Crippen LogP contribution in [0, 0.1) is 0 Å². The molecule has 0 saturated heterocycles. The Labute approximate surface area is 101 Å². The van der Waals surface area contributed by atoms with Gasteiger partial charge in [0, 0.05) is 15.5 Å². The number of nitrogens with two attached hydrogens (primary N) is 1. The van der Waals surface area contributed by atoms with Crippen LogP contribution < -0.4 is 5.73 Å². The first kappa shape index (κ1) is 12.4. The number of hydrogen-bond acceptors (Lipinski definition) is 2. The van der Waals surface area contributed by atoms with Crippen molar-refractivity contribution in [2.75, 3.05) is 0 Å². The van der Waals surface area contributed by atoms with Gasteiger partial charge in [-0.15, -0.1) is 0 Å². The van der Waals surface area contributed by atoms with Gasteiger partial charge in [0.1, 0.15) is 0 Å². The number of thioether (sulfide) groups is 1. The van der Waals surface area contributed by atoms with Gasteiger partial charge in [-0.05, 0) is 23.8 Å². The van der Waals surface area contributed by atoms with Crippen LogP contribution in [-0.4, -0.2) is 0 Å². The predicted molar refractivity (Wildman–Crippen MR) is 74.0 cm³/mol. The molecule has 1 aromatic carbocycles. The summed E-state index contributed by atoms with van der Waals surface area (Å²) < 4.78 is 0. The summed E-state index contributed by atoms with van der Waals surface area (Å²) in [6.45, 7) is 11.1. The molecule has 0 fully saturated rings. The fourth-order valence-electron chi connectivity index (χ4n) is 1.13. The first-order valence-corrected chi connectivity index (χ1v) is 5.67. The van der Waals surface area contributed by atoms with E-state index in [1.165, 1.54) is 0 Å². The van der Waals surface area contributed by atoms with Crippen molar-refractivity contribution in [1.82, 2.24) is 0 Å². The lowest BCUT2D eigenvalue weighted by atomic mass is 10.2. The van der Waals surface area contributed by atoms with E-state index in [4.69, 9.17) is 5.73 Å². The van der Waals surface area contributed by atoms with Crippen LogP contribution in [-0.2, 0) is 0 Å². The van der Waals surface area contributed by atoms with Crippen molar-refractivity contribution >= 4 is 17.5 Å². The highest BCUT2D eigenvalue weighted by Crippen LogP contribution is 2.27. The molecule has 0 atom stereocenters. The van der Waals surface area contributed by atoms with Crippen LogP contribution in [0.1, 0.15) is 5.56 Å². The van der Waals surface area contributed by atoms with Gasteiger partial charge in [0.15, 0.2) is 0 Å². The maximum atomic E-state index is 5.60. The van der Waals surface area contributed by atoms with E-state index in [0.717, 1.165) is 15.4 Å². The zero-order valence-electron chi connectivity index (χ0n) is 9.15. The lowest BCUT2D eigenvalue weighted by Crippen LogP contribution is -1.92. The highest BCUT2D eigenvalue weighted by atomic mass is 32.2. The van der Waals surface area contributed by atoms with Crippen molar-refractivity contribution in [3.8, 4) is 0 Å². The van der Waals surface area contributed by atoms with E-state index in [9.17, 15) is 0 Å². The number of rotatable bonds is 5. The highest BCUT2D eigenvalue weighted by Gasteiger charge is 1.98. The molecular formula is C14H15NS. The van der Waals surface area contributed by atoms with Crippen molar-refractivity contribution in [3.63, 3.8) is 0 Å². The molecular weight excluding hydrogens is 214 g/mol. The predicted octanol–water partition coefficient (Wildman–Crippen LogP) is 3.96. The molecule has 2 heteroatoms. The molecule has 0 amide bonds. The topological polar surface area (TPSA) is 26.0 Å². The van der Waals surface area contributed by atoms with Gasteiger partial charge >= 0.3 is 0 Å². The zero-order chi connectivity index (χ0) is 12.0. The van der Waals surface area contributed by atoms with Crippen LogP contribution in [0.4, 0.5) is 0 Å². The Morgan fingerprint density at radius 1 is 1.19 bits per heavy atom. The van der Waals surface area contributed by atoms with E-state index in [0.29, 0.717) is 5.70 Å². The Bertz CT molecular complexity index is 427. The molecule has 0 aliphatic rings. The van der Waals surface area contributed by atoms with Crippen molar-refractivity contribution in [2.24, 2.45) is 5.73 Å². The molecule has 16 heavy (non-hydrogen) atoms. The molecule has 1 aromatic rings. The number of benzene rings is 1. The van der Waals surface area contributed by atoms with Gasteiger partial charge in [0.05, 0.1) is 0 Å². The minimum atomic E-state index is 0.585. The molecule has 0 saturated carbocycles. The zero-order valence-corrected chi connectivity index (χ0v) is 9.96. The van der Waals surface area contributed by atoms with Gasteiger partial charge in [-0.3, -0.25) is 0 Å². The van der Waals surface area contributed by atoms with Crippen LogP contribution >= 0.6 is 11.8 Å².